The number of morpholine rings is 1. The molecule has 0 amide bonds. The van der Waals surface area contributed by atoms with Crippen molar-refractivity contribution in [2.24, 2.45) is 0 Å². The minimum atomic E-state index is 0.757. The second-order valence-corrected chi connectivity index (χ2v) is 6.22. The minimum Gasteiger partial charge on any atom is -0.378 e. The lowest BCUT2D eigenvalue weighted by Gasteiger charge is -2.28. The number of anilines is 3. The summed E-state index contributed by atoms with van der Waals surface area (Å²) >= 11 is 0. The highest BCUT2D eigenvalue weighted by molar-refractivity contribution is 5.93. The Labute approximate surface area is 146 Å². The first-order chi connectivity index (χ1) is 12.2. The van der Waals surface area contributed by atoms with Gasteiger partial charge in [0.15, 0.2) is 0 Å². The number of hydrogen-bond acceptors (Lipinski definition) is 6. The Morgan fingerprint density at radius 3 is 2.68 bits per heavy atom. The van der Waals surface area contributed by atoms with Gasteiger partial charge < -0.3 is 15.0 Å². The minimum absolute atomic E-state index is 0.757. The van der Waals surface area contributed by atoms with E-state index in [0.717, 1.165) is 65.8 Å². The Balaban J connectivity index is 1.65. The van der Waals surface area contributed by atoms with E-state index < -0.39 is 0 Å². The maximum absolute atomic E-state index is 5.41. The summed E-state index contributed by atoms with van der Waals surface area (Å²) in [6.45, 7) is 7.37. The van der Waals surface area contributed by atoms with Gasteiger partial charge in [0.1, 0.15) is 18.0 Å². The van der Waals surface area contributed by atoms with Crippen LogP contribution >= 0.6 is 0 Å². The van der Waals surface area contributed by atoms with Gasteiger partial charge in [0, 0.05) is 18.5 Å². The van der Waals surface area contributed by atoms with Crippen molar-refractivity contribution in [2.45, 2.75) is 13.8 Å². The van der Waals surface area contributed by atoms with Crippen molar-refractivity contribution < 1.29 is 4.74 Å². The number of hydrogen-bond donors (Lipinski definition) is 1. The molecule has 0 atom stereocenters. The lowest BCUT2D eigenvalue weighted by molar-refractivity contribution is 0.122. The molecule has 0 bridgehead atoms. The molecule has 0 radical (unpaired) electrons. The number of aryl methyl sites for hydroxylation is 2. The SMILES string of the molecule is Cc1nc(N2CCOCC2)ccc1Nc1ncnc2cccc(C)c12. The first-order valence-electron chi connectivity index (χ1n) is 8.50. The Kier molecular flexibility index (Phi) is 4.19. The number of fused-ring (bicyclic) bond motifs is 1. The maximum atomic E-state index is 5.41. The molecule has 128 valence electrons. The third-order valence-electron chi connectivity index (χ3n) is 4.53. The van der Waals surface area contributed by atoms with Crippen LogP contribution in [0.2, 0.25) is 0 Å². The average molecular weight is 335 g/mol. The monoisotopic (exact) mass is 335 g/mol. The van der Waals surface area contributed by atoms with Gasteiger partial charge in [-0.3, -0.25) is 0 Å². The van der Waals surface area contributed by atoms with Crippen LogP contribution in [0.4, 0.5) is 17.3 Å². The quantitative estimate of drug-likeness (QED) is 0.793. The van der Waals surface area contributed by atoms with E-state index in [9.17, 15) is 0 Å². The summed E-state index contributed by atoms with van der Waals surface area (Å²) in [6, 6.07) is 10.2. The second kappa shape index (κ2) is 6.64. The third kappa shape index (κ3) is 3.13. The van der Waals surface area contributed by atoms with Crippen LogP contribution in [0.1, 0.15) is 11.3 Å². The van der Waals surface area contributed by atoms with Crippen molar-refractivity contribution in [1.29, 1.82) is 0 Å². The Morgan fingerprint density at radius 1 is 1.04 bits per heavy atom. The smallest absolute Gasteiger partial charge is 0.142 e. The van der Waals surface area contributed by atoms with Crippen LogP contribution in [0.15, 0.2) is 36.7 Å². The highest BCUT2D eigenvalue weighted by atomic mass is 16.5. The molecular weight excluding hydrogens is 314 g/mol. The van der Waals surface area contributed by atoms with Crippen LogP contribution in [0.25, 0.3) is 10.9 Å². The summed E-state index contributed by atoms with van der Waals surface area (Å²) in [5, 5.41) is 4.47. The van der Waals surface area contributed by atoms with Crippen LogP contribution in [0.3, 0.4) is 0 Å². The summed E-state index contributed by atoms with van der Waals surface area (Å²) in [5.74, 6) is 1.81. The fourth-order valence-electron chi connectivity index (χ4n) is 3.15. The topological polar surface area (TPSA) is 63.2 Å². The van der Waals surface area contributed by atoms with Gasteiger partial charge in [0.2, 0.25) is 0 Å². The molecule has 3 heterocycles. The van der Waals surface area contributed by atoms with Gasteiger partial charge in [0.05, 0.1) is 30.1 Å². The maximum Gasteiger partial charge on any atom is 0.142 e. The average Bonchev–Trinajstić information content (AvgIpc) is 2.64. The summed E-state index contributed by atoms with van der Waals surface area (Å²) in [6.07, 6.45) is 1.59. The molecule has 1 aliphatic heterocycles. The second-order valence-electron chi connectivity index (χ2n) is 6.22. The van der Waals surface area contributed by atoms with E-state index in [1.807, 2.05) is 19.1 Å². The number of ether oxygens (including phenoxy) is 1. The molecule has 3 aromatic rings. The molecule has 0 saturated carbocycles. The van der Waals surface area contributed by atoms with Gasteiger partial charge in [0.25, 0.3) is 0 Å². The van der Waals surface area contributed by atoms with E-state index in [2.05, 4.69) is 45.3 Å². The zero-order chi connectivity index (χ0) is 17.2. The lowest BCUT2D eigenvalue weighted by atomic mass is 10.1. The molecule has 0 spiro atoms. The van der Waals surface area contributed by atoms with Crippen LogP contribution < -0.4 is 10.2 Å². The molecule has 1 aromatic carbocycles. The predicted molar refractivity (Wildman–Crippen MR) is 99.6 cm³/mol. The summed E-state index contributed by atoms with van der Waals surface area (Å²) in [7, 11) is 0. The van der Waals surface area contributed by atoms with E-state index in [4.69, 9.17) is 9.72 Å². The van der Waals surface area contributed by atoms with E-state index >= 15 is 0 Å². The molecule has 2 aromatic heterocycles. The number of benzene rings is 1. The van der Waals surface area contributed by atoms with Crippen molar-refractivity contribution in [1.82, 2.24) is 15.0 Å². The van der Waals surface area contributed by atoms with Gasteiger partial charge in [-0.2, -0.15) is 0 Å². The molecule has 0 aliphatic carbocycles. The zero-order valence-electron chi connectivity index (χ0n) is 14.5. The fraction of sp³-hybridized carbons (Fsp3) is 0.316. The number of rotatable bonds is 3. The normalized spacial score (nSPS) is 14.7. The van der Waals surface area contributed by atoms with Gasteiger partial charge in [-0.05, 0) is 37.6 Å². The highest BCUT2D eigenvalue weighted by Crippen LogP contribution is 2.28. The first kappa shape index (κ1) is 15.8. The van der Waals surface area contributed by atoms with Gasteiger partial charge in [-0.15, -0.1) is 0 Å². The van der Waals surface area contributed by atoms with E-state index in [1.54, 1.807) is 6.33 Å². The number of nitrogens with zero attached hydrogens (tertiary/aromatic N) is 4. The predicted octanol–water partition coefficient (Wildman–Crippen LogP) is 3.22. The molecule has 1 aliphatic rings. The molecule has 6 nitrogen and oxygen atoms in total. The van der Waals surface area contributed by atoms with Gasteiger partial charge in [-0.25, -0.2) is 15.0 Å². The molecule has 1 fully saturated rings. The molecular formula is C19H21N5O. The zero-order valence-corrected chi connectivity index (χ0v) is 14.5. The van der Waals surface area contributed by atoms with Crippen molar-refractivity contribution in [3.8, 4) is 0 Å². The van der Waals surface area contributed by atoms with Crippen molar-refractivity contribution in [3.05, 3.63) is 47.9 Å². The number of aromatic nitrogens is 3. The highest BCUT2D eigenvalue weighted by Gasteiger charge is 2.14. The molecule has 1 N–H and O–H groups in total. The van der Waals surface area contributed by atoms with Crippen molar-refractivity contribution >= 4 is 28.2 Å². The third-order valence-corrected chi connectivity index (χ3v) is 4.53. The molecule has 0 unspecified atom stereocenters. The van der Waals surface area contributed by atoms with Crippen molar-refractivity contribution in [2.75, 3.05) is 36.5 Å². The number of nitrogens with one attached hydrogen (secondary N) is 1. The Hall–Kier alpha value is -2.73. The lowest BCUT2D eigenvalue weighted by Crippen LogP contribution is -2.36. The standard InChI is InChI=1S/C19H21N5O/c1-13-4-3-5-16-18(13)19(21-12-20-16)23-15-6-7-17(22-14(15)2)24-8-10-25-11-9-24/h3-7,12H,8-11H2,1-2H3,(H,20,21,23). The van der Waals surface area contributed by atoms with E-state index in [0.29, 0.717) is 0 Å². The Morgan fingerprint density at radius 2 is 1.88 bits per heavy atom. The van der Waals surface area contributed by atoms with Gasteiger partial charge in [-0.1, -0.05) is 12.1 Å². The molecule has 4 rings (SSSR count). The van der Waals surface area contributed by atoms with Crippen LogP contribution in [-0.4, -0.2) is 41.3 Å². The summed E-state index contributed by atoms with van der Waals surface area (Å²) in [5.41, 5.74) is 3.99. The van der Waals surface area contributed by atoms with E-state index in [1.165, 1.54) is 0 Å². The molecule has 25 heavy (non-hydrogen) atoms. The fourth-order valence-corrected chi connectivity index (χ4v) is 3.15. The van der Waals surface area contributed by atoms with Crippen LogP contribution in [0, 0.1) is 13.8 Å². The molecule has 1 saturated heterocycles. The Bertz CT molecular complexity index is 900. The van der Waals surface area contributed by atoms with Crippen molar-refractivity contribution in [3.63, 3.8) is 0 Å². The first-order valence-corrected chi connectivity index (χ1v) is 8.50. The summed E-state index contributed by atoms with van der Waals surface area (Å²) < 4.78 is 5.41. The number of pyridine rings is 1. The van der Waals surface area contributed by atoms with Gasteiger partial charge >= 0.3 is 0 Å². The van der Waals surface area contributed by atoms with Crippen LogP contribution in [0.5, 0.6) is 0 Å². The van der Waals surface area contributed by atoms with E-state index in [-0.39, 0.29) is 0 Å². The van der Waals surface area contributed by atoms with Crippen LogP contribution in [-0.2, 0) is 4.74 Å². The summed E-state index contributed by atoms with van der Waals surface area (Å²) in [4.78, 5) is 15.8. The molecule has 6 heteroatoms. The largest absolute Gasteiger partial charge is 0.378 e.